The van der Waals surface area contributed by atoms with E-state index in [1.807, 2.05) is 23.1 Å². The van der Waals surface area contributed by atoms with Crippen molar-refractivity contribution in [3.8, 4) is 5.75 Å². The Morgan fingerprint density at radius 3 is 2.24 bits per heavy atom. The zero-order valence-corrected chi connectivity index (χ0v) is 19.5. The molecule has 5 nitrogen and oxygen atoms in total. The number of halogens is 3. The van der Waals surface area contributed by atoms with E-state index in [0.717, 1.165) is 63.0 Å². The fourth-order valence-electron chi connectivity index (χ4n) is 4.90. The number of ether oxygens (including phenoxy) is 1. The van der Waals surface area contributed by atoms with Crippen LogP contribution in [0.25, 0.3) is 0 Å². The second-order valence-electron chi connectivity index (χ2n) is 8.93. The summed E-state index contributed by atoms with van der Waals surface area (Å²) in [6.45, 7) is 1.19. The molecule has 0 unspecified atom stereocenters. The first-order valence-electron chi connectivity index (χ1n) is 11.3. The van der Waals surface area contributed by atoms with Crippen LogP contribution in [0.3, 0.4) is 0 Å². The predicted molar refractivity (Wildman–Crippen MR) is 126 cm³/mol. The van der Waals surface area contributed by atoms with Crippen molar-refractivity contribution in [2.75, 3.05) is 26.2 Å². The topological polar surface area (TPSA) is 58.8 Å². The Kier molecular flexibility index (Phi) is 8.68. The molecule has 1 atom stereocenters. The summed E-state index contributed by atoms with van der Waals surface area (Å²) in [4.78, 5) is 17.5. The van der Waals surface area contributed by atoms with Gasteiger partial charge in [-0.1, -0.05) is 42.5 Å². The van der Waals surface area contributed by atoms with E-state index in [0.29, 0.717) is 6.54 Å². The van der Waals surface area contributed by atoms with E-state index in [9.17, 15) is 13.6 Å². The number of nitrogens with zero attached hydrogens (tertiary/aromatic N) is 2. The zero-order chi connectivity index (χ0) is 22.6. The zero-order valence-electron chi connectivity index (χ0n) is 18.7. The molecule has 0 bridgehead atoms. The number of carbonyl (C=O) groups excluding carboxylic acids is 1. The van der Waals surface area contributed by atoms with Gasteiger partial charge in [-0.05, 0) is 68.6 Å². The van der Waals surface area contributed by atoms with Crippen molar-refractivity contribution in [2.24, 2.45) is 11.1 Å². The molecule has 2 N–H and O–H groups in total. The minimum absolute atomic E-state index is 0. The Labute approximate surface area is 200 Å². The normalized spacial score (nSPS) is 19.0. The van der Waals surface area contributed by atoms with E-state index in [2.05, 4.69) is 21.8 Å². The van der Waals surface area contributed by atoms with Gasteiger partial charge in [0.05, 0.1) is 5.41 Å². The molecule has 1 spiro atoms. The number of hydrogen-bond acceptors (Lipinski definition) is 4. The van der Waals surface area contributed by atoms with Gasteiger partial charge in [0.15, 0.2) is 0 Å². The Morgan fingerprint density at radius 2 is 1.61 bits per heavy atom. The maximum absolute atomic E-state index is 13.2. The van der Waals surface area contributed by atoms with Gasteiger partial charge in [-0.2, -0.15) is 8.78 Å². The number of likely N-dealkylation sites (tertiary alicyclic amines) is 2. The molecule has 2 aliphatic rings. The average Bonchev–Trinajstić information content (AvgIpc) is 3.10. The molecule has 180 valence electrons. The molecule has 0 aromatic heterocycles. The smallest absolute Gasteiger partial charge is 0.387 e. The maximum Gasteiger partial charge on any atom is 0.387 e. The number of benzene rings is 2. The molecule has 2 aromatic rings. The number of piperidine rings is 1. The Morgan fingerprint density at radius 1 is 0.970 bits per heavy atom. The lowest BCUT2D eigenvalue weighted by molar-refractivity contribution is -0.138. The van der Waals surface area contributed by atoms with Crippen LogP contribution in [0.15, 0.2) is 54.6 Å². The van der Waals surface area contributed by atoms with Gasteiger partial charge >= 0.3 is 6.61 Å². The van der Waals surface area contributed by atoms with Crippen molar-refractivity contribution in [1.82, 2.24) is 9.80 Å². The molecule has 0 radical (unpaired) electrons. The van der Waals surface area contributed by atoms with E-state index in [-0.39, 0.29) is 35.5 Å². The first-order chi connectivity index (χ1) is 15.4. The molecule has 8 heteroatoms. The van der Waals surface area contributed by atoms with Gasteiger partial charge < -0.3 is 20.3 Å². The number of nitrogens with two attached hydrogens (primary N) is 1. The summed E-state index contributed by atoms with van der Waals surface area (Å²) >= 11 is 0. The van der Waals surface area contributed by atoms with E-state index < -0.39 is 6.61 Å². The molecule has 2 aliphatic heterocycles. The van der Waals surface area contributed by atoms with E-state index in [1.165, 1.54) is 12.1 Å². The summed E-state index contributed by atoms with van der Waals surface area (Å²) in [7, 11) is 0. The van der Waals surface area contributed by atoms with Crippen molar-refractivity contribution < 1.29 is 18.3 Å². The molecule has 0 aliphatic carbocycles. The first-order valence-corrected chi connectivity index (χ1v) is 11.3. The Bertz CT molecular complexity index is 890. The maximum atomic E-state index is 13.2. The van der Waals surface area contributed by atoms with Crippen molar-refractivity contribution >= 4 is 18.3 Å². The summed E-state index contributed by atoms with van der Waals surface area (Å²) in [6, 6.07) is 16.7. The molecule has 0 saturated carbocycles. The van der Waals surface area contributed by atoms with Crippen LogP contribution < -0.4 is 10.5 Å². The van der Waals surface area contributed by atoms with Gasteiger partial charge in [0.25, 0.3) is 0 Å². The molecule has 2 aromatic carbocycles. The van der Waals surface area contributed by atoms with Crippen LogP contribution in [0, 0.1) is 5.41 Å². The van der Waals surface area contributed by atoms with Crippen molar-refractivity contribution in [3.63, 3.8) is 0 Å². The largest absolute Gasteiger partial charge is 0.435 e. The van der Waals surface area contributed by atoms with Crippen LogP contribution in [-0.2, 0) is 11.3 Å². The highest BCUT2D eigenvalue weighted by molar-refractivity contribution is 5.85. The molecular weight excluding hydrogens is 448 g/mol. The number of alkyl halides is 2. The fraction of sp³-hybridized carbons (Fsp3) is 0.480. The van der Waals surface area contributed by atoms with E-state index >= 15 is 0 Å². The third kappa shape index (κ3) is 6.22. The number of rotatable bonds is 8. The number of amides is 1. The second kappa shape index (κ2) is 11.3. The lowest BCUT2D eigenvalue weighted by Gasteiger charge is -2.38. The SMILES string of the molecule is Cl.N[C@@H](CCN1CCC2(CC1)CCN(Cc1ccc(OC(F)F)cc1)C2=O)c1ccccc1. The molecule has 1 amide bonds. The molecule has 2 fully saturated rings. The monoisotopic (exact) mass is 479 g/mol. The molecule has 33 heavy (non-hydrogen) atoms. The minimum Gasteiger partial charge on any atom is -0.435 e. The van der Waals surface area contributed by atoms with Gasteiger partial charge in [-0.3, -0.25) is 4.79 Å². The highest BCUT2D eigenvalue weighted by atomic mass is 35.5. The third-order valence-corrected chi connectivity index (χ3v) is 6.92. The molecule has 4 rings (SSSR count). The minimum atomic E-state index is -2.83. The van der Waals surface area contributed by atoms with Crippen LogP contribution in [0.2, 0.25) is 0 Å². The summed E-state index contributed by atoms with van der Waals surface area (Å²) < 4.78 is 29.0. The van der Waals surface area contributed by atoms with Crippen molar-refractivity contribution in [1.29, 1.82) is 0 Å². The molecular formula is C25H32ClF2N3O2. The van der Waals surface area contributed by atoms with Crippen molar-refractivity contribution in [3.05, 3.63) is 65.7 Å². The van der Waals surface area contributed by atoms with Crippen LogP contribution in [0.5, 0.6) is 5.75 Å². The van der Waals surface area contributed by atoms with Crippen molar-refractivity contribution in [2.45, 2.75) is 44.9 Å². The van der Waals surface area contributed by atoms with Gasteiger partial charge in [0.1, 0.15) is 5.75 Å². The third-order valence-electron chi connectivity index (χ3n) is 6.92. The summed E-state index contributed by atoms with van der Waals surface area (Å²) in [6.07, 6.45) is 3.55. The van der Waals surface area contributed by atoms with Crippen LogP contribution in [-0.4, -0.2) is 48.5 Å². The second-order valence-corrected chi connectivity index (χ2v) is 8.93. The van der Waals surface area contributed by atoms with Crippen LogP contribution in [0.4, 0.5) is 8.78 Å². The average molecular weight is 480 g/mol. The van der Waals surface area contributed by atoms with Gasteiger partial charge in [-0.25, -0.2) is 0 Å². The quantitative estimate of drug-likeness (QED) is 0.600. The van der Waals surface area contributed by atoms with Gasteiger partial charge in [-0.15, -0.1) is 12.4 Å². The standard InChI is InChI=1S/C25H31F2N3O2.ClH/c26-24(27)32-21-8-6-19(7-9-21)18-30-17-13-25(23(30)31)11-15-29(16-12-25)14-10-22(28)20-4-2-1-3-5-20;/h1-9,22,24H,10-18,28H2;1H/t22-;/m0./s1. The summed E-state index contributed by atoms with van der Waals surface area (Å²) in [5.74, 6) is 0.360. The highest BCUT2D eigenvalue weighted by Gasteiger charge is 2.47. The highest BCUT2D eigenvalue weighted by Crippen LogP contribution is 2.42. The lowest BCUT2D eigenvalue weighted by Crippen LogP contribution is -2.45. The first kappa shape index (κ1) is 25.4. The number of hydrogen-bond donors (Lipinski definition) is 1. The van der Waals surface area contributed by atoms with E-state index in [1.54, 1.807) is 12.1 Å². The molecule has 2 saturated heterocycles. The van der Waals surface area contributed by atoms with Gasteiger partial charge in [0, 0.05) is 19.1 Å². The van der Waals surface area contributed by atoms with Crippen LogP contribution in [0.1, 0.15) is 42.9 Å². The lowest BCUT2D eigenvalue weighted by atomic mass is 9.77. The summed E-state index contributed by atoms with van der Waals surface area (Å²) in [5.41, 5.74) is 8.17. The predicted octanol–water partition coefficient (Wildman–Crippen LogP) is 4.61. The Hall–Kier alpha value is -2.22. The fourth-order valence-corrected chi connectivity index (χ4v) is 4.90. The van der Waals surface area contributed by atoms with Crippen LogP contribution >= 0.6 is 12.4 Å². The number of carbonyl (C=O) groups is 1. The Balaban J connectivity index is 0.00000306. The van der Waals surface area contributed by atoms with Gasteiger partial charge in [0.2, 0.25) is 5.91 Å². The van der Waals surface area contributed by atoms with E-state index in [4.69, 9.17) is 5.73 Å². The molecule has 2 heterocycles. The summed E-state index contributed by atoms with van der Waals surface area (Å²) in [5, 5.41) is 0.